The largest absolute Gasteiger partial charge is 0.453 e. The van der Waals surface area contributed by atoms with Crippen molar-refractivity contribution >= 4 is 18.0 Å². The molecule has 0 bridgehead atoms. The zero-order valence-electron chi connectivity index (χ0n) is 13.8. The van der Waals surface area contributed by atoms with Gasteiger partial charge < -0.3 is 20.7 Å². The van der Waals surface area contributed by atoms with Gasteiger partial charge in [-0.15, -0.1) is 0 Å². The van der Waals surface area contributed by atoms with Crippen LogP contribution in [0.3, 0.4) is 0 Å². The van der Waals surface area contributed by atoms with Crippen LogP contribution in [0.25, 0.3) is 6.08 Å². The third kappa shape index (κ3) is 3.85. The van der Waals surface area contributed by atoms with Gasteiger partial charge in [-0.05, 0) is 26.2 Å². The number of amides is 1. The van der Waals surface area contributed by atoms with Gasteiger partial charge >= 0.3 is 6.09 Å². The van der Waals surface area contributed by atoms with E-state index in [-0.39, 0.29) is 6.04 Å². The van der Waals surface area contributed by atoms with E-state index in [1.165, 1.54) is 25.5 Å². The third-order valence-electron chi connectivity index (χ3n) is 4.16. The van der Waals surface area contributed by atoms with Crippen molar-refractivity contribution in [2.75, 3.05) is 25.5 Å². The molecule has 1 fully saturated rings. The smallest absolute Gasteiger partial charge is 0.406 e. The summed E-state index contributed by atoms with van der Waals surface area (Å²) in [5.74, 6) is 1.07. The Kier molecular flexibility index (Phi) is 4.85. The number of fused-ring (bicyclic) bond motifs is 1. The number of aromatic nitrogens is 2. The minimum atomic E-state index is -0.392. The molecule has 126 valence electrons. The van der Waals surface area contributed by atoms with Crippen LogP contribution in [0.5, 0.6) is 0 Å². The highest BCUT2D eigenvalue weighted by Crippen LogP contribution is 2.31. The van der Waals surface area contributed by atoms with Gasteiger partial charge in [-0.2, -0.15) is 5.10 Å². The minimum absolute atomic E-state index is 0.246. The number of anilines is 1. The predicted octanol–water partition coefficient (Wildman–Crippen LogP) is 1.88. The summed E-state index contributed by atoms with van der Waals surface area (Å²) in [5.41, 5.74) is 2.27. The molecule has 3 rings (SSSR count). The van der Waals surface area contributed by atoms with E-state index in [4.69, 9.17) is 5.10 Å². The number of ether oxygens (including phenoxy) is 1. The van der Waals surface area contributed by atoms with E-state index < -0.39 is 6.09 Å². The molecule has 23 heavy (non-hydrogen) atoms. The molecule has 1 unspecified atom stereocenters. The van der Waals surface area contributed by atoms with Gasteiger partial charge in [0.05, 0.1) is 12.8 Å². The summed E-state index contributed by atoms with van der Waals surface area (Å²) >= 11 is 0. The van der Waals surface area contributed by atoms with E-state index in [1.54, 1.807) is 0 Å². The molecule has 3 N–H and O–H groups in total. The molecule has 0 saturated heterocycles. The second-order valence-corrected chi connectivity index (χ2v) is 6.09. The molecule has 1 aromatic heterocycles. The summed E-state index contributed by atoms with van der Waals surface area (Å²) in [6, 6.07) is 0.894. The highest BCUT2D eigenvalue weighted by atomic mass is 16.5. The second-order valence-electron chi connectivity index (χ2n) is 6.09. The summed E-state index contributed by atoms with van der Waals surface area (Å²) in [7, 11) is 1.37. The fourth-order valence-electron chi connectivity index (χ4n) is 2.83. The summed E-state index contributed by atoms with van der Waals surface area (Å²) in [5, 5.41) is 14.5. The maximum Gasteiger partial charge on any atom is 0.406 e. The van der Waals surface area contributed by atoms with E-state index in [2.05, 4.69) is 39.8 Å². The Labute approximate surface area is 136 Å². The second kappa shape index (κ2) is 7.04. The van der Waals surface area contributed by atoms with E-state index in [9.17, 15) is 4.79 Å². The van der Waals surface area contributed by atoms with Crippen LogP contribution in [-0.2, 0) is 11.3 Å². The first-order chi connectivity index (χ1) is 11.2. The van der Waals surface area contributed by atoms with Crippen LogP contribution in [0, 0.1) is 0 Å². The number of rotatable bonds is 7. The quantitative estimate of drug-likeness (QED) is 0.669. The number of methoxy groups -OCH3 is 1. The van der Waals surface area contributed by atoms with Crippen LogP contribution in [0.15, 0.2) is 6.08 Å². The molecule has 7 nitrogen and oxygen atoms in total. The van der Waals surface area contributed by atoms with E-state index in [0.29, 0.717) is 12.6 Å². The van der Waals surface area contributed by atoms with Crippen LogP contribution >= 0.6 is 0 Å². The number of hydrogen-bond acceptors (Lipinski definition) is 5. The molecule has 7 heteroatoms. The molecule has 1 aliphatic heterocycles. The standard InChI is InChI=1S/C16H25N5O2/c1-11(19-12-6-7-12)14-13-5-3-8-17-15(13)21(20-14)10-4-9-18-16(22)23-2/h3,5,11-12,17,19H,4,6-10H2,1-2H3,(H,18,22). The SMILES string of the molecule is COC(=O)NCCCn1nc(C(C)NC2CC2)c2c1NCC=C2. The van der Waals surface area contributed by atoms with Gasteiger partial charge in [0.25, 0.3) is 0 Å². The fraction of sp³-hybridized carbons (Fsp3) is 0.625. The van der Waals surface area contributed by atoms with Gasteiger partial charge in [-0.25, -0.2) is 9.48 Å². The molecular formula is C16H25N5O2. The molecule has 2 heterocycles. The number of alkyl carbamates (subject to hydrolysis) is 1. The van der Waals surface area contributed by atoms with Crippen molar-refractivity contribution in [2.45, 2.75) is 44.8 Å². The Hall–Kier alpha value is -2.02. The first kappa shape index (κ1) is 15.9. The molecule has 2 aliphatic rings. The van der Waals surface area contributed by atoms with E-state index in [0.717, 1.165) is 31.0 Å². The van der Waals surface area contributed by atoms with Gasteiger partial charge in [0, 0.05) is 37.3 Å². The normalized spacial score (nSPS) is 17.3. The van der Waals surface area contributed by atoms with Gasteiger partial charge in [-0.3, -0.25) is 0 Å². The molecule has 0 radical (unpaired) electrons. The van der Waals surface area contributed by atoms with Crippen molar-refractivity contribution < 1.29 is 9.53 Å². The van der Waals surface area contributed by atoms with Crippen molar-refractivity contribution in [3.63, 3.8) is 0 Å². The maximum absolute atomic E-state index is 11.1. The number of nitrogens with one attached hydrogen (secondary N) is 3. The van der Waals surface area contributed by atoms with Crippen molar-refractivity contribution in [3.05, 3.63) is 17.3 Å². The van der Waals surface area contributed by atoms with Crippen LogP contribution in [0.2, 0.25) is 0 Å². The molecule has 0 spiro atoms. The average molecular weight is 319 g/mol. The highest BCUT2D eigenvalue weighted by molar-refractivity contribution is 5.69. The summed E-state index contributed by atoms with van der Waals surface area (Å²) in [4.78, 5) is 11.1. The number of carbonyl (C=O) groups excluding carboxylic acids is 1. The monoisotopic (exact) mass is 319 g/mol. The van der Waals surface area contributed by atoms with Gasteiger partial charge in [0.2, 0.25) is 0 Å². The van der Waals surface area contributed by atoms with Crippen molar-refractivity contribution in [1.29, 1.82) is 0 Å². The fourth-order valence-corrected chi connectivity index (χ4v) is 2.83. The average Bonchev–Trinajstić information content (AvgIpc) is 3.30. The molecular weight excluding hydrogens is 294 g/mol. The van der Waals surface area contributed by atoms with Crippen LogP contribution < -0.4 is 16.0 Å². The Morgan fingerprint density at radius 2 is 2.39 bits per heavy atom. The first-order valence-electron chi connectivity index (χ1n) is 8.28. The lowest BCUT2D eigenvalue weighted by Gasteiger charge is -2.14. The lowest BCUT2D eigenvalue weighted by Crippen LogP contribution is -2.25. The van der Waals surface area contributed by atoms with Crippen LogP contribution in [0.1, 0.15) is 43.5 Å². The molecule has 0 aromatic carbocycles. The predicted molar refractivity (Wildman–Crippen MR) is 89.3 cm³/mol. The number of nitrogens with zero attached hydrogens (tertiary/aromatic N) is 2. The zero-order chi connectivity index (χ0) is 16.2. The number of hydrogen-bond donors (Lipinski definition) is 3. The van der Waals surface area contributed by atoms with Crippen molar-refractivity contribution in [3.8, 4) is 0 Å². The minimum Gasteiger partial charge on any atom is -0.453 e. The van der Waals surface area contributed by atoms with Gasteiger partial charge in [-0.1, -0.05) is 12.2 Å². The molecule has 1 atom stereocenters. The molecule has 1 aliphatic carbocycles. The lowest BCUT2D eigenvalue weighted by atomic mass is 10.1. The third-order valence-corrected chi connectivity index (χ3v) is 4.16. The Bertz CT molecular complexity index is 592. The Balaban J connectivity index is 1.66. The highest BCUT2D eigenvalue weighted by Gasteiger charge is 2.27. The lowest BCUT2D eigenvalue weighted by molar-refractivity contribution is 0.170. The number of carbonyl (C=O) groups is 1. The Morgan fingerprint density at radius 1 is 1.57 bits per heavy atom. The molecule has 1 saturated carbocycles. The van der Waals surface area contributed by atoms with Gasteiger partial charge in [0.1, 0.15) is 5.82 Å². The topological polar surface area (TPSA) is 80.2 Å². The van der Waals surface area contributed by atoms with Crippen molar-refractivity contribution in [1.82, 2.24) is 20.4 Å². The van der Waals surface area contributed by atoms with Crippen molar-refractivity contribution in [2.24, 2.45) is 0 Å². The molecule has 1 aromatic rings. The molecule has 1 amide bonds. The number of aryl methyl sites for hydroxylation is 1. The Morgan fingerprint density at radius 3 is 3.13 bits per heavy atom. The summed E-state index contributed by atoms with van der Waals surface area (Å²) in [6.07, 6.45) is 7.22. The maximum atomic E-state index is 11.1. The first-order valence-corrected chi connectivity index (χ1v) is 8.28. The zero-order valence-corrected chi connectivity index (χ0v) is 13.8. The van der Waals surface area contributed by atoms with Gasteiger partial charge in [0.15, 0.2) is 0 Å². The summed E-state index contributed by atoms with van der Waals surface area (Å²) in [6.45, 7) is 4.32. The van der Waals surface area contributed by atoms with Crippen LogP contribution in [-0.4, -0.2) is 42.1 Å². The van der Waals surface area contributed by atoms with E-state index >= 15 is 0 Å². The summed E-state index contributed by atoms with van der Waals surface area (Å²) < 4.78 is 6.58. The van der Waals surface area contributed by atoms with Crippen LogP contribution in [0.4, 0.5) is 10.6 Å². The van der Waals surface area contributed by atoms with E-state index in [1.807, 2.05) is 4.68 Å².